The van der Waals surface area contributed by atoms with Crippen molar-refractivity contribution in [3.05, 3.63) is 112 Å². The van der Waals surface area contributed by atoms with Gasteiger partial charge in [-0.1, -0.05) is 26.0 Å². The largest absolute Gasteiger partial charge is 0.431 e. The molecule has 2 aromatic carbocycles. The van der Waals surface area contributed by atoms with E-state index in [4.69, 9.17) is 20.9 Å². The van der Waals surface area contributed by atoms with Gasteiger partial charge in [0, 0.05) is 52.9 Å². The van der Waals surface area contributed by atoms with Crippen LogP contribution in [0.25, 0.3) is 0 Å². The summed E-state index contributed by atoms with van der Waals surface area (Å²) in [5, 5.41) is 11.5. The Labute approximate surface area is 389 Å². The van der Waals surface area contributed by atoms with Crippen LogP contribution in [0.5, 0.6) is 11.5 Å². The van der Waals surface area contributed by atoms with Crippen LogP contribution in [0.1, 0.15) is 71.6 Å². The van der Waals surface area contributed by atoms with Crippen molar-refractivity contribution in [1.29, 1.82) is 0 Å². The summed E-state index contributed by atoms with van der Waals surface area (Å²) < 4.78 is 210. The molecule has 0 saturated carbocycles. The van der Waals surface area contributed by atoms with Crippen LogP contribution in [-0.4, -0.2) is 87.5 Å². The fourth-order valence-corrected chi connectivity index (χ4v) is 7.85. The normalized spacial score (nSPS) is 24.6. The summed E-state index contributed by atoms with van der Waals surface area (Å²) in [7, 11) is 0. The number of nitrogens with one attached hydrogen (secondary N) is 1. The van der Waals surface area contributed by atoms with Crippen LogP contribution in [0.4, 0.5) is 67.2 Å². The van der Waals surface area contributed by atoms with E-state index in [0.717, 1.165) is 50.5 Å². The number of primary amides is 2. The van der Waals surface area contributed by atoms with Gasteiger partial charge in [-0.15, -0.1) is 0 Å². The highest BCUT2D eigenvalue weighted by Crippen LogP contribution is 2.57. The number of carbonyl (C=O) groups is 4. The number of amides is 4. The predicted molar refractivity (Wildman–Crippen MR) is 211 cm³/mol. The molecule has 2 saturated heterocycles. The Morgan fingerprint density at radius 2 is 1.21 bits per heavy atom. The van der Waals surface area contributed by atoms with Crippen LogP contribution in [0.2, 0.25) is 0 Å². The van der Waals surface area contributed by atoms with Gasteiger partial charge in [0.15, 0.2) is 34.3 Å². The summed E-state index contributed by atoms with van der Waals surface area (Å²) in [5.41, 5.74) is 1.97. The van der Waals surface area contributed by atoms with Crippen LogP contribution in [0.15, 0.2) is 65.9 Å². The first kappa shape index (κ1) is 54.9. The number of ether oxygens (including phenoxy) is 4. The molecule has 0 unspecified atom stereocenters. The van der Waals surface area contributed by atoms with E-state index in [2.05, 4.69) is 24.8 Å². The maximum atomic E-state index is 14.4. The lowest BCUT2D eigenvalue weighted by atomic mass is 9.77. The SMILES string of the molecule is C[C@@H]1[C@H](c2ccc(F)c(F)c2OC(F)F)[C@H](C(=O)N=c2ccn(O)c(C(N)=O)c2)O[C@]1(C)C(F)(F)F.C[C@H]1[C@@H](c2ccc(F)c(F)c2OC(F)F)[C@@H](C(=O)Nc2ccnc(C(N)=O)c2)O[C@@]1(C)C(F)(F)F. The second-order valence-corrected chi connectivity index (χ2v) is 15.9. The number of nitrogens with zero attached hydrogens (tertiary/aromatic N) is 3. The average Bonchev–Trinajstić information content (AvgIpc) is 3.71. The molecule has 6 rings (SSSR count). The van der Waals surface area contributed by atoms with E-state index in [1.54, 1.807) is 0 Å². The summed E-state index contributed by atoms with van der Waals surface area (Å²) in [5.74, 6) is -21.2. The van der Waals surface area contributed by atoms with Crippen molar-refractivity contribution in [1.82, 2.24) is 9.71 Å². The van der Waals surface area contributed by atoms with Gasteiger partial charge >= 0.3 is 25.6 Å². The van der Waals surface area contributed by atoms with Gasteiger partial charge in [0.25, 0.3) is 23.6 Å². The predicted octanol–water partition coefficient (Wildman–Crippen LogP) is 7.41. The topological polar surface area (TPSA) is 220 Å². The molecule has 4 aromatic rings. The molecule has 29 heteroatoms. The molecule has 4 amide bonds. The molecule has 6 N–H and O–H groups in total. The van der Waals surface area contributed by atoms with E-state index >= 15 is 0 Å². The van der Waals surface area contributed by atoms with Gasteiger partial charge in [-0.05, 0) is 50.2 Å². The minimum absolute atomic E-state index is 0.0937. The number of halogens is 14. The molecule has 0 spiro atoms. The lowest BCUT2D eigenvalue weighted by Gasteiger charge is -2.32. The third kappa shape index (κ3) is 11.0. The van der Waals surface area contributed by atoms with Gasteiger partial charge in [-0.2, -0.15) is 57.4 Å². The van der Waals surface area contributed by atoms with Crippen molar-refractivity contribution < 1.29 is 105 Å². The molecular weight excluding hydrogens is 998 g/mol. The molecule has 71 heavy (non-hydrogen) atoms. The summed E-state index contributed by atoms with van der Waals surface area (Å²) in [6.07, 6.45) is -12.3. The van der Waals surface area contributed by atoms with Crippen molar-refractivity contribution in [3.63, 3.8) is 0 Å². The van der Waals surface area contributed by atoms with Crippen LogP contribution < -0.4 is 31.6 Å². The van der Waals surface area contributed by atoms with Crippen molar-refractivity contribution in [3.8, 4) is 11.5 Å². The zero-order valence-corrected chi connectivity index (χ0v) is 36.4. The molecule has 15 nitrogen and oxygen atoms in total. The molecular formula is C42H36F14N6O9. The number of nitrogens with two attached hydrogens (primary N) is 2. The van der Waals surface area contributed by atoms with E-state index in [0.29, 0.717) is 36.8 Å². The van der Waals surface area contributed by atoms with Gasteiger partial charge in [0.2, 0.25) is 11.6 Å². The van der Waals surface area contributed by atoms with E-state index in [1.807, 2.05) is 0 Å². The standard InChI is InChI=1S/C21H18F7N3O5.C21H18F7N3O4/c1-8-13(10-3-4-11(22)14(23)15(10)35-19(24)25)16(36-20(8,2)21(26,27)28)18(33)30-9-5-6-31(34)12(7-9)17(29)32;1-8-13(10-3-4-11(22)14(23)15(10)34-19(24)25)16(35-20(8,2)21(26,27)28)18(33)31-9-5-6-30-12(7-9)17(29)32/h3-8,13,16,19,34H,1-2H3,(H2,29,32);3-8,13,16,19H,1-2H3,(H2,29,32)(H,30,31,33)/t2*8-,13-,16-,20+/m10/s1. The zero-order chi connectivity index (χ0) is 53.5. The molecule has 4 heterocycles. The van der Waals surface area contributed by atoms with E-state index in [1.165, 1.54) is 6.07 Å². The van der Waals surface area contributed by atoms with Gasteiger partial charge in [-0.3, -0.25) is 24.2 Å². The Kier molecular flexibility index (Phi) is 15.7. The molecule has 386 valence electrons. The van der Waals surface area contributed by atoms with E-state index < -0.39 is 148 Å². The van der Waals surface area contributed by atoms with E-state index in [9.17, 15) is 85.9 Å². The van der Waals surface area contributed by atoms with Crippen LogP contribution in [0.3, 0.4) is 0 Å². The number of alkyl halides is 10. The first-order valence-corrected chi connectivity index (χ1v) is 20.0. The highest BCUT2D eigenvalue weighted by Gasteiger charge is 2.67. The van der Waals surface area contributed by atoms with Crippen molar-refractivity contribution in [2.45, 2.75) is 88.5 Å². The Balaban J connectivity index is 0.000000264. The molecule has 0 radical (unpaired) electrons. The number of hydrogen-bond donors (Lipinski definition) is 4. The summed E-state index contributed by atoms with van der Waals surface area (Å²) >= 11 is 0. The van der Waals surface area contributed by atoms with Gasteiger partial charge < -0.3 is 40.9 Å². The van der Waals surface area contributed by atoms with Crippen LogP contribution >= 0.6 is 0 Å². The minimum Gasteiger partial charge on any atom is -0.431 e. The summed E-state index contributed by atoms with van der Waals surface area (Å²) in [6, 6.07) is 6.54. The lowest BCUT2D eigenvalue weighted by molar-refractivity contribution is -0.272. The monoisotopic (exact) mass is 1030 g/mol. The molecule has 2 aliphatic rings. The fraction of sp³-hybridized carbons (Fsp3) is 0.381. The zero-order valence-electron chi connectivity index (χ0n) is 36.4. The lowest BCUT2D eigenvalue weighted by Crippen LogP contribution is -2.47. The highest BCUT2D eigenvalue weighted by atomic mass is 19.4. The molecule has 2 aliphatic heterocycles. The van der Waals surface area contributed by atoms with E-state index in [-0.39, 0.29) is 16.7 Å². The second kappa shape index (κ2) is 20.4. The molecule has 2 aromatic heterocycles. The smallest absolute Gasteiger partial charge is 0.417 e. The number of benzene rings is 2. The molecule has 0 aliphatic carbocycles. The highest BCUT2D eigenvalue weighted by molar-refractivity contribution is 5.97. The third-order valence-corrected chi connectivity index (χ3v) is 11.8. The first-order chi connectivity index (χ1) is 32.7. The molecule has 2 fully saturated rings. The van der Waals surface area contributed by atoms with Gasteiger partial charge in [0.1, 0.15) is 23.6 Å². The van der Waals surface area contributed by atoms with Crippen molar-refractivity contribution in [2.75, 3.05) is 5.32 Å². The fourth-order valence-electron chi connectivity index (χ4n) is 7.85. The van der Waals surface area contributed by atoms with Crippen molar-refractivity contribution in [2.24, 2.45) is 28.3 Å². The maximum absolute atomic E-state index is 14.4. The Morgan fingerprint density at radius 1 is 0.746 bits per heavy atom. The Hall–Kier alpha value is -7.04. The number of rotatable bonds is 11. The van der Waals surface area contributed by atoms with Gasteiger partial charge in [-0.25, -0.2) is 13.8 Å². The summed E-state index contributed by atoms with van der Waals surface area (Å²) in [6.45, 7) is -4.06. The number of hydrogen-bond acceptors (Lipinski definition) is 10. The minimum atomic E-state index is -5.09. The number of carbonyl (C=O) groups excluding carboxylic acids is 4. The van der Waals surface area contributed by atoms with Crippen molar-refractivity contribution >= 4 is 29.3 Å². The van der Waals surface area contributed by atoms with Gasteiger partial charge in [0.05, 0.1) is 5.36 Å². The number of pyridine rings is 2. The Bertz CT molecular complexity index is 2780. The third-order valence-electron chi connectivity index (χ3n) is 11.8. The number of aromatic nitrogens is 2. The average molecular weight is 1030 g/mol. The number of anilines is 1. The quantitative estimate of drug-likeness (QED) is 0.0861. The molecule has 8 atom stereocenters. The summed E-state index contributed by atoms with van der Waals surface area (Å²) in [4.78, 5) is 56.0. The van der Waals surface area contributed by atoms with Crippen LogP contribution in [0, 0.1) is 35.1 Å². The first-order valence-electron chi connectivity index (χ1n) is 20.0. The van der Waals surface area contributed by atoms with Crippen LogP contribution in [-0.2, 0) is 19.1 Å². The Morgan fingerprint density at radius 3 is 1.65 bits per heavy atom. The molecule has 0 bridgehead atoms. The maximum Gasteiger partial charge on any atom is 0.417 e. The second-order valence-electron chi connectivity index (χ2n) is 15.9.